The van der Waals surface area contributed by atoms with Crippen molar-refractivity contribution in [2.75, 3.05) is 11.2 Å². The molecule has 2 aromatic rings. The molecule has 2 rings (SSSR count). The number of carbonyl (C=O) groups excluding carboxylic acids is 1. The SMILES string of the molecule is O=C(NS(=O)(=O)CNc1ccccc1CO)c1ccccc1. The van der Waals surface area contributed by atoms with Crippen molar-refractivity contribution in [1.82, 2.24) is 4.72 Å². The fourth-order valence-electron chi connectivity index (χ4n) is 1.83. The molecule has 0 unspecified atom stereocenters. The monoisotopic (exact) mass is 320 g/mol. The highest BCUT2D eigenvalue weighted by atomic mass is 32.2. The number of hydrogen-bond donors (Lipinski definition) is 3. The highest BCUT2D eigenvalue weighted by molar-refractivity contribution is 7.90. The first kappa shape index (κ1) is 16.0. The molecule has 0 heterocycles. The van der Waals surface area contributed by atoms with Gasteiger partial charge >= 0.3 is 0 Å². The van der Waals surface area contributed by atoms with Crippen LogP contribution in [0.4, 0.5) is 5.69 Å². The Morgan fingerprint density at radius 1 is 1.00 bits per heavy atom. The van der Waals surface area contributed by atoms with E-state index in [2.05, 4.69) is 5.32 Å². The maximum absolute atomic E-state index is 11.9. The Balaban J connectivity index is 2.01. The first-order valence-electron chi connectivity index (χ1n) is 6.54. The van der Waals surface area contributed by atoms with Crippen LogP contribution in [-0.4, -0.2) is 25.3 Å². The minimum Gasteiger partial charge on any atom is -0.392 e. The van der Waals surface area contributed by atoms with Crippen LogP contribution in [0, 0.1) is 0 Å². The zero-order valence-electron chi connectivity index (χ0n) is 11.7. The fourth-order valence-corrected chi connectivity index (χ4v) is 2.65. The number of benzene rings is 2. The molecule has 0 atom stereocenters. The zero-order chi connectivity index (χ0) is 16.0. The molecule has 2 aromatic carbocycles. The summed E-state index contributed by atoms with van der Waals surface area (Å²) in [5.41, 5.74) is 1.34. The van der Waals surface area contributed by atoms with Crippen molar-refractivity contribution in [1.29, 1.82) is 0 Å². The number of aliphatic hydroxyl groups is 1. The molecule has 0 aromatic heterocycles. The number of anilines is 1. The van der Waals surface area contributed by atoms with Crippen LogP contribution < -0.4 is 10.0 Å². The second-order valence-corrected chi connectivity index (χ2v) is 6.27. The Morgan fingerprint density at radius 2 is 1.64 bits per heavy atom. The number of aliphatic hydroxyl groups excluding tert-OH is 1. The van der Waals surface area contributed by atoms with Gasteiger partial charge in [0.15, 0.2) is 0 Å². The van der Waals surface area contributed by atoms with Crippen LogP contribution in [0.1, 0.15) is 15.9 Å². The number of sulfonamides is 1. The summed E-state index contributed by atoms with van der Waals surface area (Å²) in [5, 5.41) is 11.9. The molecule has 0 saturated carbocycles. The Morgan fingerprint density at radius 3 is 2.32 bits per heavy atom. The lowest BCUT2D eigenvalue weighted by atomic mass is 10.2. The fraction of sp³-hybridized carbons (Fsp3) is 0.133. The van der Waals surface area contributed by atoms with Gasteiger partial charge in [0.05, 0.1) is 6.61 Å². The van der Waals surface area contributed by atoms with Gasteiger partial charge in [-0.2, -0.15) is 0 Å². The molecule has 22 heavy (non-hydrogen) atoms. The van der Waals surface area contributed by atoms with E-state index < -0.39 is 21.8 Å². The molecule has 7 heteroatoms. The van der Waals surface area contributed by atoms with Crippen molar-refractivity contribution in [3.05, 3.63) is 65.7 Å². The van der Waals surface area contributed by atoms with Crippen LogP contribution in [0.2, 0.25) is 0 Å². The second kappa shape index (κ2) is 7.06. The summed E-state index contributed by atoms with van der Waals surface area (Å²) < 4.78 is 25.8. The van der Waals surface area contributed by atoms with E-state index in [-0.39, 0.29) is 12.2 Å². The summed E-state index contributed by atoms with van der Waals surface area (Å²) in [6, 6.07) is 14.9. The molecule has 116 valence electrons. The minimum absolute atomic E-state index is 0.209. The quantitative estimate of drug-likeness (QED) is 0.746. The van der Waals surface area contributed by atoms with E-state index >= 15 is 0 Å². The van der Waals surface area contributed by atoms with Gasteiger partial charge in [-0.25, -0.2) is 13.1 Å². The van der Waals surface area contributed by atoms with Crippen molar-refractivity contribution in [2.45, 2.75) is 6.61 Å². The molecular weight excluding hydrogens is 304 g/mol. The smallest absolute Gasteiger partial charge is 0.264 e. The number of nitrogens with one attached hydrogen (secondary N) is 2. The van der Waals surface area contributed by atoms with Gasteiger partial charge in [-0.3, -0.25) is 4.79 Å². The number of para-hydroxylation sites is 1. The van der Waals surface area contributed by atoms with Gasteiger partial charge in [-0.05, 0) is 18.2 Å². The Hall–Kier alpha value is -2.38. The van der Waals surface area contributed by atoms with Gasteiger partial charge in [-0.1, -0.05) is 36.4 Å². The van der Waals surface area contributed by atoms with E-state index in [4.69, 9.17) is 0 Å². The number of hydrogen-bond acceptors (Lipinski definition) is 5. The van der Waals surface area contributed by atoms with E-state index in [0.29, 0.717) is 11.3 Å². The summed E-state index contributed by atoms with van der Waals surface area (Å²) in [6.45, 7) is -0.209. The normalized spacial score (nSPS) is 11.0. The maximum Gasteiger partial charge on any atom is 0.264 e. The van der Waals surface area contributed by atoms with Crippen LogP contribution in [0.15, 0.2) is 54.6 Å². The predicted octanol–water partition coefficient (Wildman–Crippen LogP) is 1.31. The van der Waals surface area contributed by atoms with Gasteiger partial charge < -0.3 is 10.4 Å². The molecule has 6 nitrogen and oxygen atoms in total. The van der Waals surface area contributed by atoms with Crippen molar-refractivity contribution >= 4 is 21.6 Å². The Labute approximate surface area is 128 Å². The van der Waals surface area contributed by atoms with Gasteiger partial charge in [0.2, 0.25) is 0 Å². The van der Waals surface area contributed by atoms with E-state index in [9.17, 15) is 18.3 Å². The van der Waals surface area contributed by atoms with Crippen molar-refractivity contribution < 1.29 is 18.3 Å². The third kappa shape index (κ3) is 4.31. The summed E-state index contributed by atoms with van der Waals surface area (Å²) in [4.78, 5) is 11.8. The third-order valence-electron chi connectivity index (χ3n) is 2.92. The van der Waals surface area contributed by atoms with E-state index in [1.165, 1.54) is 12.1 Å². The van der Waals surface area contributed by atoms with Crippen LogP contribution >= 0.6 is 0 Å². The minimum atomic E-state index is -3.84. The summed E-state index contributed by atoms with van der Waals surface area (Å²) in [6.07, 6.45) is 0. The Kier molecular flexibility index (Phi) is 5.13. The molecular formula is C15H16N2O4S. The molecule has 1 amide bonds. The van der Waals surface area contributed by atoms with Gasteiger partial charge in [-0.15, -0.1) is 0 Å². The van der Waals surface area contributed by atoms with Gasteiger partial charge in [0.25, 0.3) is 15.9 Å². The predicted molar refractivity (Wildman–Crippen MR) is 83.7 cm³/mol. The second-order valence-electron chi connectivity index (χ2n) is 4.55. The molecule has 0 aliphatic carbocycles. The van der Waals surface area contributed by atoms with Crippen LogP contribution in [0.25, 0.3) is 0 Å². The lowest BCUT2D eigenvalue weighted by Crippen LogP contribution is -2.34. The molecule has 0 radical (unpaired) electrons. The number of rotatable bonds is 6. The van der Waals surface area contributed by atoms with Crippen LogP contribution in [0.5, 0.6) is 0 Å². The average molecular weight is 320 g/mol. The summed E-state index contributed by atoms with van der Waals surface area (Å²) >= 11 is 0. The molecule has 0 saturated heterocycles. The zero-order valence-corrected chi connectivity index (χ0v) is 12.5. The molecule has 3 N–H and O–H groups in total. The standard InChI is InChI=1S/C15H16N2O4S/c18-10-13-8-4-5-9-14(13)16-11-22(20,21)17-15(19)12-6-2-1-3-7-12/h1-9,16,18H,10-11H2,(H,17,19). The number of amides is 1. The largest absolute Gasteiger partial charge is 0.392 e. The highest BCUT2D eigenvalue weighted by Gasteiger charge is 2.16. The highest BCUT2D eigenvalue weighted by Crippen LogP contribution is 2.14. The van der Waals surface area contributed by atoms with Crippen LogP contribution in [0.3, 0.4) is 0 Å². The maximum atomic E-state index is 11.9. The van der Waals surface area contributed by atoms with Gasteiger partial charge in [0.1, 0.15) is 5.88 Å². The average Bonchev–Trinajstić information content (AvgIpc) is 2.53. The lowest BCUT2D eigenvalue weighted by molar-refractivity contribution is 0.0981. The first-order chi connectivity index (χ1) is 10.5. The lowest BCUT2D eigenvalue weighted by Gasteiger charge is -2.11. The summed E-state index contributed by atoms with van der Waals surface area (Å²) in [5.74, 6) is -1.15. The van der Waals surface area contributed by atoms with E-state index in [1.54, 1.807) is 42.5 Å². The topological polar surface area (TPSA) is 95.5 Å². The first-order valence-corrected chi connectivity index (χ1v) is 8.19. The van der Waals surface area contributed by atoms with Crippen molar-refractivity contribution in [2.24, 2.45) is 0 Å². The van der Waals surface area contributed by atoms with E-state index in [1.807, 2.05) is 4.72 Å². The molecule has 0 aliphatic heterocycles. The molecule has 0 bridgehead atoms. The molecule has 0 fully saturated rings. The van der Waals surface area contributed by atoms with E-state index in [0.717, 1.165) is 0 Å². The third-order valence-corrected chi connectivity index (χ3v) is 3.95. The van der Waals surface area contributed by atoms with Crippen molar-refractivity contribution in [3.63, 3.8) is 0 Å². The van der Waals surface area contributed by atoms with Gasteiger partial charge in [0, 0.05) is 16.8 Å². The van der Waals surface area contributed by atoms with Crippen molar-refractivity contribution in [3.8, 4) is 0 Å². The summed E-state index contributed by atoms with van der Waals surface area (Å²) in [7, 11) is -3.84. The Bertz CT molecular complexity index is 745. The van der Waals surface area contributed by atoms with Crippen LogP contribution in [-0.2, 0) is 16.6 Å². The molecule has 0 spiro atoms. The number of carbonyl (C=O) groups is 1. The molecule has 0 aliphatic rings.